The maximum absolute atomic E-state index is 12.6. The molecule has 2 heterocycles. The van der Waals surface area contributed by atoms with E-state index in [0.29, 0.717) is 32.2 Å². The van der Waals surface area contributed by atoms with Crippen LogP contribution in [-0.2, 0) is 20.8 Å². The number of benzene rings is 1. The minimum Gasteiger partial charge on any atom is -0.491 e. The summed E-state index contributed by atoms with van der Waals surface area (Å²) in [5, 5.41) is 3.41. The Morgan fingerprint density at radius 1 is 1.19 bits per heavy atom. The normalized spacial score (nSPS) is 12.9. The van der Waals surface area contributed by atoms with E-state index in [4.69, 9.17) is 14.2 Å². The van der Waals surface area contributed by atoms with Crippen molar-refractivity contribution in [2.75, 3.05) is 20.8 Å². The van der Waals surface area contributed by atoms with E-state index in [9.17, 15) is 14.4 Å². The summed E-state index contributed by atoms with van der Waals surface area (Å²) in [5.74, 6) is -0.121. The number of fused-ring (bicyclic) bond motifs is 1. The summed E-state index contributed by atoms with van der Waals surface area (Å²) in [5.41, 5.74) is -1.04. The van der Waals surface area contributed by atoms with Crippen LogP contribution in [0.2, 0.25) is 0 Å². The molecule has 0 amide bonds. The van der Waals surface area contributed by atoms with E-state index >= 15 is 0 Å². The predicted molar refractivity (Wildman–Crippen MR) is 116 cm³/mol. The number of nitrogens with zero attached hydrogens (tertiary/aromatic N) is 1. The molecule has 2 aromatic heterocycles. The van der Waals surface area contributed by atoms with Crippen molar-refractivity contribution in [2.45, 2.75) is 25.9 Å². The van der Waals surface area contributed by atoms with Crippen LogP contribution >= 0.6 is 11.3 Å². The Bertz CT molecular complexity index is 1160. The Balaban J connectivity index is 1.83. The summed E-state index contributed by atoms with van der Waals surface area (Å²) in [6, 6.07) is 9.08. The van der Waals surface area contributed by atoms with Crippen LogP contribution in [0.25, 0.3) is 10.2 Å². The second-order valence-electron chi connectivity index (χ2n) is 7.02. The molecule has 0 bridgehead atoms. The van der Waals surface area contributed by atoms with Crippen molar-refractivity contribution in [3.63, 3.8) is 0 Å². The van der Waals surface area contributed by atoms with Gasteiger partial charge in [-0.05, 0) is 31.5 Å². The molecule has 1 aromatic carbocycles. The Hall–Kier alpha value is -3.24. The van der Waals surface area contributed by atoms with Crippen molar-refractivity contribution in [3.05, 3.63) is 57.0 Å². The summed E-state index contributed by atoms with van der Waals surface area (Å²) >= 11 is 1.09. The first-order valence-corrected chi connectivity index (χ1v) is 10.2. The van der Waals surface area contributed by atoms with Crippen LogP contribution < -0.4 is 15.6 Å². The van der Waals surface area contributed by atoms with Gasteiger partial charge in [0.1, 0.15) is 33.4 Å². The molecule has 1 unspecified atom stereocenters. The number of nitrogens with one attached hydrogen (secondary N) is 2. The third-order valence-corrected chi connectivity index (χ3v) is 5.94. The average molecular weight is 445 g/mol. The van der Waals surface area contributed by atoms with Gasteiger partial charge >= 0.3 is 11.9 Å². The summed E-state index contributed by atoms with van der Waals surface area (Å²) in [6.45, 7) is 3.39. The highest BCUT2D eigenvalue weighted by molar-refractivity contribution is 7.20. The van der Waals surface area contributed by atoms with Gasteiger partial charge in [0.25, 0.3) is 5.56 Å². The zero-order valence-electron chi connectivity index (χ0n) is 17.6. The van der Waals surface area contributed by atoms with Gasteiger partial charge in [-0.2, -0.15) is 0 Å². The van der Waals surface area contributed by atoms with E-state index in [1.54, 1.807) is 26.0 Å². The molecule has 31 heavy (non-hydrogen) atoms. The zero-order valence-corrected chi connectivity index (χ0v) is 18.4. The molecular formula is C21H23N3O6S. The fourth-order valence-electron chi connectivity index (χ4n) is 2.99. The van der Waals surface area contributed by atoms with Gasteiger partial charge < -0.3 is 19.2 Å². The first-order chi connectivity index (χ1) is 14.8. The number of aryl methyl sites for hydroxylation is 1. The molecule has 0 aliphatic carbocycles. The van der Waals surface area contributed by atoms with Crippen molar-refractivity contribution in [1.29, 1.82) is 0 Å². The molecule has 0 aliphatic heterocycles. The van der Waals surface area contributed by atoms with E-state index in [-0.39, 0.29) is 18.7 Å². The fraction of sp³-hybridized carbons (Fsp3) is 0.333. The summed E-state index contributed by atoms with van der Waals surface area (Å²) in [4.78, 5) is 44.8. The molecule has 3 rings (SSSR count). The minimum absolute atomic E-state index is 0.000756. The van der Waals surface area contributed by atoms with Crippen LogP contribution in [0.5, 0.6) is 5.75 Å². The number of esters is 2. The van der Waals surface area contributed by atoms with E-state index in [0.717, 1.165) is 11.3 Å². The molecule has 2 N–H and O–H groups in total. The number of carbonyl (C=O) groups excluding carboxylic acids is 2. The lowest BCUT2D eigenvalue weighted by Gasteiger charge is -2.27. The van der Waals surface area contributed by atoms with Crippen LogP contribution in [0.15, 0.2) is 35.1 Å². The van der Waals surface area contributed by atoms with Crippen molar-refractivity contribution < 1.29 is 23.8 Å². The first-order valence-electron chi connectivity index (χ1n) is 9.41. The van der Waals surface area contributed by atoms with Crippen LogP contribution in [0.3, 0.4) is 0 Å². The molecule has 0 aliphatic rings. The van der Waals surface area contributed by atoms with Crippen LogP contribution in [0, 0.1) is 6.92 Å². The van der Waals surface area contributed by atoms with Gasteiger partial charge in [-0.1, -0.05) is 18.2 Å². The lowest BCUT2D eigenvalue weighted by Crippen LogP contribution is -2.54. The van der Waals surface area contributed by atoms with E-state index in [2.05, 4.69) is 15.3 Å². The van der Waals surface area contributed by atoms with Gasteiger partial charge in [-0.3, -0.25) is 10.1 Å². The number of methoxy groups -OCH3 is 2. The van der Waals surface area contributed by atoms with E-state index < -0.39 is 17.5 Å². The number of carbonyl (C=O) groups is 2. The monoisotopic (exact) mass is 445 g/mol. The van der Waals surface area contributed by atoms with Crippen molar-refractivity contribution in [2.24, 2.45) is 0 Å². The Kier molecular flexibility index (Phi) is 6.71. The minimum atomic E-state index is -1.19. The Labute approximate surface area is 182 Å². The number of ether oxygens (including phenoxy) is 3. The second-order valence-corrected chi connectivity index (χ2v) is 8.02. The number of hydrogen-bond donors (Lipinski definition) is 2. The molecule has 0 saturated heterocycles. The predicted octanol–water partition coefficient (Wildman–Crippen LogP) is 2.18. The smallest absolute Gasteiger partial charge is 0.348 e. The van der Waals surface area contributed by atoms with Gasteiger partial charge in [0.2, 0.25) is 0 Å². The van der Waals surface area contributed by atoms with Gasteiger partial charge in [0.05, 0.1) is 26.2 Å². The molecule has 164 valence electrons. The fourth-order valence-corrected chi connectivity index (χ4v) is 4.11. The summed E-state index contributed by atoms with van der Waals surface area (Å²) < 4.78 is 15.4. The second kappa shape index (κ2) is 9.27. The highest BCUT2D eigenvalue weighted by Crippen LogP contribution is 2.27. The third-order valence-electron chi connectivity index (χ3n) is 4.77. The quantitative estimate of drug-likeness (QED) is 0.507. The topological polar surface area (TPSA) is 120 Å². The standard InChI is InChI=1S/C21H23N3O6S/c1-12-15-17(25)23-14(24-18(15)31-16(12)19(26)28-3)10-22-21(2,20(27)29-4)11-30-13-8-6-5-7-9-13/h5-9,22H,10-11H2,1-4H3,(H,23,24,25). The number of hydrogen-bond acceptors (Lipinski definition) is 9. The molecule has 0 radical (unpaired) electrons. The maximum atomic E-state index is 12.6. The largest absolute Gasteiger partial charge is 0.491 e. The Morgan fingerprint density at radius 2 is 1.90 bits per heavy atom. The van der Waals surface area contributed by atoms with Crippen LogP contribution in [0.1, 0.15) is 28.0 Å². The van der Waals surface area contributed by atoms with Gasteiger partial charge in [0.15, 0.2) is 0 Å². The summed E-state index contributed by atoms with van der Waals surface area (Å²) in [7, 11) is 2.57. The molecule has 0 fully saturated rings. The molecule has 10 heteroatoms. The Morgan fingerprint density at radius 3 is 2.55 bits per heavy atom. The van der Waals surface area contributed by atoms with Crippen molar-refractivity contribution in [3.8, 4) is 5.75 Å². The number of aromatic amines is 1. The van der Waals surface area contributed by atoms with Crippen LogP contribution in [0.4, 0.5) is 0 Å². The number of thiophene rings is 1. The van der Waals surface area contributed by atoms with Crippen molar-refractivity contribution in [1.82, 2.24) is 15.3 Å². The van der Waals surface area contributed by atoms with E-state index in [1.807, 2.05) is 18.2 Å². The lowest BCUT2D eigenvalue weighted by atomic mass is 10.0. The van der Waals surface area contributed by atoms with E-state index in [1.165, 1.54) is 14.2 Å². The SMILES string of the molecule is COC(=O)c1sc2nc(CNC(C)(COc3ccccc3)C(=O)OC)[nH]c(=O)c2c1C. The van der Waals surface area contributed by atoms with Gasteiger partial charge in [-0.15, -0.1) is 11.3 Å². The molecule has 1 atom stereocenters. The highest BCUT2D eigenvalue weighted by Gasteiger charge is 2.35. The third kappa shape index (κ3) is 4.75. The molecule has 3 aromatic rings. The van der Waals surface area contributed by atoms with Crippen LogP contribution in [-0.4, -0.2) is 48.3 Å². The summed E-state index contributed by atoms with van der Waals surface area (Å²) in [6.07, 6.45) is 0. The number of aromatic nitrogens is 2. The molecule has 0 spiro atoms. The number of para-hydroxylation sites is 1. The van der Waals surface area contributed by atoms with Crippen molar-refractivity contribution >= 4 is 33.5 Å². The maximum Gasteiger partial charge on any atom is 0.348 e. The number of rotatable bonds is 8. The zero-order chi connectivity index (χ0) is 22.6. The number of H-pyrrole nitrogens is 1. The van der Waals surface area contributed by atoms with Gasteiger partial charge in [-0.25, -0.2) is 14.6 Å². The first kappa shape index (κ1) is 22.4. The molecule has 0 saturated carbocycles. The lowest BCUT2D eigenvalue weighted by molar-refractivity contribution is -0.149. The average Bonchev–Trinajstić information content (AvgIpc) is 3.12. The van der Waals surface area contributed by atoms with Gasteiger partial charge in [0, 0.05) is 0 Å². The highest BCUT2D eigenvalue weighted by atomic mass is 32.1. The molecular weight excluding hydrogens is 422 g/mol. The molecule has 9 nitrogen and oxygen atoms in total.